The van der Waals surface area contributed by atoms with Crippen molar-refractivity contribution >= 4 is 0 Å². The lowest BCUT2D eigenvalue weighted by atomic mass is 10.1. The average Bonchev–Trinajstić information content (AvgIpc) is 3.13. The highest BCUT2D eigenvalue weighted by Crippen LogP contribution is 2.38. The first-order valence-electron chi connectivity index (χ1n) is 7.19. The van der Waals surface area contributed by atoms with Gasteiger partial charge in [-0.3, -0.25) is 0 Å². The molecule has 1 fully saturated rings. The number of rotatable bonds is 7. The molecule has 1 aromatic rings. The molecule has 3 rings (SSSR count). The Morgan fingerprint density at radius 3 is 2.80 bits per heavy atom. The van der Waals surface area contributed by atoms with Gasteiger partial charge in [0.05, 0.1) is 12.7 Å². The first-order valence-corrected chi connectivity index (χ1v) is 7.19. The van der Waals surface area contributed by atoms with Crippen LogP contribution in [-0.2, 0) is 6.54 Å². The summed E-state index contributed by atoms with van der Waals surface area (Å²) in [5.74, 6) is 2.32. The number of hydrogen-bond acceptors (Lipinski definition) is 5. The first kappa shape index (κ1) is 13.5. The molecule has 0 spiro atoms. The summed E-state index contributed by atoms with van der Waals surface area (Å²) >= 11 is 0. The van der Waals surface area contributed by atoms with E-state index in [4.69, 9.17) is 14.2 Å². The van der Waals surface area contributed by atoms with Gasteiger partial charge in [-0.1, -0.05) is 0 Å². The summed E-state index contributed by atoms with van der Waals surface area (Å²) in [5.41, 5.74) is 1.08. The van der Waals surface area contributed by atoms with Crippen molar-refractivity contribution in [1.82, 2.24) is 5.32 Å². The third-order valence-corrected chi connectivity index (χ3v) is 3.51. The molecule has 1 saturated carbocycles. The Morgan fingerprint density at radius 1 is 1.35 bits per heavy atom. The van der Waals surface area contributed by atoms with Gasteiger partial charge in [0.1, 0.15) is 5.75 Å². The minimum Gasteiger partial charge on any atom is -0.493 e. The molecule has 0 radical (unpaired) electrons. The number of benzene rings is 1. The maximum atomic E-state index is 9.30. The maximum Gasteiger partial charge on any atom is 0.231 e. The molecule has 0 saturated heterocycles. The van der Waals surface area contributed by atoms with Gasteiger partial charge in [-0.05, 0) is 25.8 Å². The van der Waals surface area contributed by atoms with Crippen LogP contribution in [0.3, 0.4) is 0 Å². The third kappa shape index (κ3) is 3.35. The van der Waals surface area contributed by atoms with Gasteiger partial charge in [0.15, 0.2) is 11.5 Å². The highest BCUT2D eigenvalue weighted by molar-refractivity contribution is 5.51. The Hall–Kier alpha value is -1.46. The molecule has 1 aliphatic carbocycles. The van der Waals surface area contributed by atoms with E-state index < -0.39 is 0 Å². The molecule has 20 heavy (non-hydrogen) atoms. The average molecular weight is 279 g/mol. The van der Waals surface area contributed by atoms with Crippen molar-refractivity contribution in [1.29, 1.82) is 0 Å². The summed E-state index contributed by atoms with van der Waals surface area (Å²) in [6.45, 7) is 3.29. The van der Waals surface area contributed by atoms with Crippen molar-refractivity contribution in [2.24, 2.45) is 0 Å². The van der Waals surface area contributed by atoms with Crippen molar-refractivity contribution in [2.45, 2.75) is 44.9 Å². The van der Waals surface area contributed by atoms with Crippen LogP contribution in [0, 0.1) is 0 Å². The summed E-state index contributed by atoms with van der Waals surface area (Å²) in [4.78, 5) is 0. The lowest BCUT2D eigenvalue weighted by Crippen LogP contribution is -2.16. The smallest absolute Gasteiger partial charge is 0.231 e. The molecule has 5 nitrogen and oxygen atoms in total. The standard InChI is InChI=1S/C15H21NO4/c1-10(17)4-5-18-13-7-15-14(19-9-20-15)6-11(13)8-16-12-2-3-12/h6-7,10,12,16-17H,2-5,8-9H2,1H3. The fraction of sp³-hybridized carbons (Fsp3) is 0.600. The monoisotopic (exact) mass is 279 g/mol. The van der Waals surface area contributed by atoms with E-state index in [0.717, 1.165) is 29.4 Å². The van der Waals surface area contributed by atoms with E-state index in [1.54, 1.807) is 6.92 Å². The second kappa shape index (κ2) is 5.89. The maximum absolute atomic E-state index is 9.30. The van der Waals surface area contributed by atoms with E-state index in [1.807, 2.05) is 12.1 Å². The molecule has 2 aliphatic rings. The summed E-state index contributed by atoms with van der Waals surface area (Å²) in [5, 5.41) is 12.8. The highest BCUT2D eigenvalue weighted by atomic mass is 16.7. The molecular weight excluding hydrogens is 258 g/mol. The summed E-state index contributed by atoms with van der Waals surface area (Å²) in [6, 6.07) is 4.51. The highest BCUT2D eigenvalue weighted by Gasteiger charge is 2.22. The van der Waals surface area contributed by atoms with Crippen molar-refractivity contribution in [2.75, 3.05) is 13.4 Å². The molecule has 1 heterocycles. The third-order valence-electron chi connectivity index (χ3n) is 3.51. The largest absolute Gasteiger partial charge is 0.493 e. The van der Waals surface area contributed by atoms with Gasteiger partial charge in [-0.2, -0.15) is 0 Å². The van der Waals surface area contributed by atoms with E-state index >= 15 is 0 Å². The molecule has 1 aromatic carbocycles. The van der Waals surface area contributed by atoms with E-state index in [9.17, 15) is 5.11 Å². The lowest BCUT2D eigenvalue weighted by molar-refractivity contribution is 0.155. The van der Waals surface area contributed by atoms with Crippen molar-refractivity contribution in [3.63, 3.8) is 0 Å². The fourth-order valence-electron chi connectivity index (χ4n) is 2.12. The minimum atomic E-state index is -0.350. The fourth-order valence-corrected chi connectivity index (χ4v) is 2.12. The van der Waals surface area contributed by atoms with Crippen LogP contribution in [-0.4, -0.2) is 30.7 Å². The van der Waals surface area contributed by atoms with Crippen LogP contribution in [0.1, 0.15) is 31.7 Å². The van der Waals surface area contributed by atoms with Crippen molar-refractivity contribution in [3.8, 4) is 17.2 Å². The topological polar surface area (TPSA) is 60.0 Å². The number of hydrogen-bond donors (Lipinski definition) is 2. The lowest BCUT2D eigenvalue weighted by Gasteiger charge is -2.14. The number of aliphatic hydroxyl groups excluding tert-OH is 1. The SMILES string of the molecule is CC(O)CCOc1cc2c(cc1CNC1CC1)OCO2. The molecule has 1 atom stereocenters. The molecule has 5 heteroatoms. The Kier molecular flexibility index (Phi) is 3.98. The zero-order valence-corrected chi connectivity index (χ0v) is 11.7. The van der Waals surface area contributed by atoms with Gasteiger partial charge in [-0.25, -0.2) is 0 Å². The van der Waals surface area contributed by atoms with E-state index in [1.165, 1.54) is 12.8 Å². The van der Waals surface area contributed by atoms with E-state index in [-0.39, 0.29) is 12.9 Å². The van der Waals surface area contributed by atoms with Gasteiger partial charge < -0.3 is 24.6 Å². The molecule has 0 bridgehead atoms. The number of nitrogens with one attached hydrogen (secondary N) is 1. The van der Waals surface area contributed by atoms with Crippen LogP contribution in [0.4, 0.5) is 0 Å². The Bertz CT molecular complexity index is 471. The predicted molar refractivity (Wildman–Crippen MR) is 74.2 cm³/mol. The van der Waals surface area contributed by atoms with Gasteiger partial charge in [-0.15, -0.1) is 0 Å². The van der Waals surface area contributed by atoms with Crippen LogP contribution in [0.5, 0.6) is 17.2 Å². The number of ether oxygens (including phenoxy) is 3. The quantitative estimate of drug-likeness (QED) is 0.797. The first-order chi connectivity index (χ1) is 9.72. The Morgan fingerprint density at radius 2 is 2.10 bits per heavy atom. The molecule has 1 aliphatic heterocycles. The molecular formula is C15H21NO4. The van der Waals surface area contributed by atoms with Crippen molar-refractivity contribution in [3.05, 3.63) is 17.7 Å². The normalized spacial score (nSPS) is 18.1. The zero-order valence-electron chi connectivity index (χ0n) is 11.7. The second-order valence-electron chi connectivity index (χ2n) is 5.45. The van der Waals surface area contributed by atoms with Gasteiger partial charge in [0.2, 0.25) is 6.79 Å². The van der Waals surface area contributed by atoms with Crippen LogP contribution in [0.15, 0.2) is 12.1 Å². The van der Waals surface area contributed by atoms with Crippen LogP contribution in [0.2, 0.25) is 0 Å². The molecule has 1 unspecified atom stereocenters. The van der Waals surface area contributed by atoms with Crippen molar-refractivity contribution < 1.29 is 19.3 Å². The Labute approximate surface area is 118 Å². The zero-order chi connectivity index (χ0) is 13.9. The number of aliphatic hydroxyl groups is 1. The molecule has 110 valence electrons. The summed E-state index contributed by atoms with van der Waals surface area (Å²) in [6.07, 6.45) is 2.77. The van der Waals surface area contributed by atoms with Gasteiger partial charge >= 0.3 is 0 Å². The van der Waals surface area contributed by atoms with E-state index in [0.29, 0.717) is 19.1 Å². The Balaban J connectivity index is 1.70. The predicted octanol–water partition coefficient (Wildman–Crippen LogP) is 1.82. The molecule has 0 aromatic heterocycles. The van der Waals surface area contributed by atoms with Gasteiger partial charge in [0, 0.05) is 30.6 Å². The second-order valence-corrected chi connectivity index (χ2v) is 5.45. The molecule has 0 amide bonds. The van der Waals surface area contributed by atoms with Crippen LogP contribution >= 0.6 is 0 Å². The van der Waals surface area contributed by atoms with E-state index in [2.05, 4.69) is 5.32 Å². The molecule has 2 N–H and O–H groups in total. The van der Waals surface area contributed by atoms with Crippen LogP contribution in [0.25, 0.3) is 0 Å². The minimum absolute atomic E-state index is 0.266. The summed E-state index contributed by atoms with van der Waals surface area (Å²) in [7, 11) is 0. The van der Waals surface area contributed by atoms with Crippen LogP contribution < -0.4 is 19.5 Å². The summed E-state index contributed by atoms with van der Waals surface area (Å²) < 4.78 is 16.6. The van der Waals surface area contributed by atoms with Gasteiger partial charge in [0.25, 0.3) is 0 Å². The number of fused-ring (bicyclic) bond motifs is 1.